The van der Waals surface area contributed by atoms with E-state index in [2.05, 4.69) is 0 Å². The van der Waals surface area contributed by atoms with Crippen LogP contribution >= 0.6 is 0 Å². The maximum absolute atomic E-state index is 10.7. The Morgan fingerprint density at radius 3 is 2.43 bits per heavy atom. The van der Waals surface area contributed by atoms with Crippen molar-refractivity contribution in [2.75, 3.05) is 7.11 Å². The number of hydrogen-bond acceptors (Lipinski definition) is 3. The first-order chi connectivity index (χ1) is 6.66. The molecule has 4 nitrogen and oxygen atoms in total. The summed E-state index contributed by atoms with van der Waals surface area (Å²) in [4.78, 5) is 10.7. The standard InChI is InChI=1S/C10H13NO3/c1-14-9(8(11)10(12)13)7-5-3-2-4-6-7/h2-6,8-9H,11H2,1H3,(H,12,13)/t8-,9?/m1/s1. The van der Waals surface area contributed by atoms with Crippen LogP contribution in [0.1, 0.15) is 11.7 Å². The van der Waals surface area contributed by atoms with E-state index in [-0.39, 0.29) is 0 Å². The summed E-state index contributed by atoms with van der Waals surface area (Å²) in [6, 6.07) is 8.02. The number of carboxylic acid groups (broad SMARTS) is 1. The van der Waals surface area contributed by atoms with Crippen LogP contribution in [-0.2, 0) is 9.53 Å². The van der Waals surface area contributed by atoms with E-state index in [0.29, 0.717) is 0 Å². The number of benzene rings is 1. The van der Waals surface area contributed by atoms with E-state index in [1.165, 1.54) is 7.11 Å². The summed E-state index contributed by atoms with van der Waals surface area (Å²) in [7, 11) is 1.44. The average molecular weight is 195 g/mol. The SMILES string of the molecule is COC(c1ccccc1)[C@@H](N)C(=O)O. The predicted molar refractivity (Wildman–Crippen MR) is 51.8 cm³/mol. The lowest BCUT2D eigenvalue weighted by molar-refractivity contribution is -0.142. The van der Waals surface area contributed by atoms with E-state index < -0.39 is 18.1 Å². The fourth-order valence-corrected chi connectivity index (χ4v) is 1.26. The maximum atomic E-state index is 10.7. The van der Waals surface area contributed by atoms with Crippen molar-refractivity contribution in [2.24, 2.45) is 5.73 Å². The molecule has 2 atom stereocenters. The third-order valence-electron chi connectivity index (χ3n) is 1.99. The number of carbonyl (C=O) groups is 1. The van der Waals surface area contributed by atoms with Crippen molar-refractivity contribution >= 4 is 5.97 Å². The third kappa shape index (κ3) is 2.31. The highest BCUT2D eigenvalue weighted by Gasteiger charge is 2.25. The molecular weight excluding hydrogens is 182 g/mol. The van der Waals surface area contributed by atoms with Gasteiger partial charge < -0.3 is 15.6 Å². The molecule has 0 amide bonds. The first kappa shape index (κ1) is 10.7. The Kier molecular flexibility index (Phi) is 3.62. The highest BCUT2D eigenvalue weighted by atomic mass is 16.5. The molecule has 1 aromatic carbocycles. The number of nitrogens with two attached hydrogens (primary N) is 1. The van der Waals surface area contributed by atoms with Gasteiger partial charge in [-0.1, -0.05) is 30.3 Å². The van der Waals surface area contributed by atoms with Crippen molar-refractivity contribution in [3.8, 4) is 0 Å². The normalized spacial score (nSPS) is 14.7. The zero-order valence-corrected chi connectivity index (χ0v) is 7.88. The van der Waals surface area contributed by atoms with Gasteiger partial charge in [-0.2, -0.15) is 0 Å². The van der Waals surface area contributed by atoms with Crippen molar-refractivity contribution in [1.82, 2.24) is 0 Å². The molecule has 0 aliphatic carbocycles. The Hall–Kier alpha value is -1.39. The second kappa shape index (κ2) is 4.74. The summed E-state index contributed by atoms with van der Waals surface area (Å²) in [6.45, 7) is 0. The van der Waals surface area contributed by atoms with Crippen LogP contribution < -0.4 is 5.73 Å². The van der Waals surface area contributed by atoms with Crippen molar-refractivity contribution in [3.05, 3.63) is 35.9 Å². The van der Waals surface area contributed by atoms with Crippen molar-refractivity contribution < 1.29 is 14.6 Å². The van der Waals surface area contributed by atoms with Crippen LogP contribution in [0.3, 0.4) is 0 Å². The molecule has 0 aliphatic heterocycles. The van der Waals surface area contributed by atoms with Crippen LogP contribution in [0.5, 0.6) is 0 Å². The van der Waals surface area contributed by atoms with Crippen molar-refractivity contribution in [1.29, 1.82) is 0 Å². The Morgan fingerprint density at radius 2 is 2.00 bits per heavy atom. The van der Waals surface area contributed by atoms with Crippen molar-refractivity contribution in [3.63, 3.8) is 0 Å². The number of aliphatic carboxylic acids is 1. The smallest absolute Gasteiger partial charge is 0.323 e. The molecule has 0 heterocycles. The van der Waals surface area contributed by atoms with Gasteiger partial charge in [0.2, 0.25) is 0 Å². The van der Waals surface area contributed by atoms with Gasteiger partial charge in [-0.15, -0.1) is 0 Å². The van der Waals surface area contributed by atoms with Gasteiger partial charge in [-0.3, -0.25) is 4.79 Å². The molecule has 0 radical (unpaired) electrons. The monoisotopic (exact) mass is 195 g/mol. The number of ether oxygens (including phenoxy) is 1. The molecule has 0 bridgehead atoms. The molecule has 76 valence electrons. The van der Waals surface area contributed by atoms with Crippen LogP contribution in [0.2, 0.25) is 0 Å². The highest BCUT2D eigenvalue weighted by molar-refractivity contribution is 5.74. The molecular formula is C10H13NO3. The van der Waals surface area contributed by atoms with Crippen LogP contribution in [-0.4, -0.2) is 24.2 Å². The summed E-state index contributed by atoms with van der Waals surface area (Å²) < 4.78 is 5.05. The summed E-state index contributed by atoms with van der Waals surface area (Å²) in [5, 5.41) is 8.74. The lowest BCUT2D eigenvalue weighted by atomic mass is 10.0. The predicted octanol–water partition coefficient (Wildman–Crippen LogP) is 0.786. The Balaban J connectivity index is 2.87. The average Bonchev–Trinajstić information content (AvgIpc) is 2.20. The zero-order chi connectivity index (χ0) is 10.6. The van der Waals surface area contributed by atoms with E-state index in [9.17, 15) is 4.79 Å². The summed E-state index contributed by atoms with van der Waals surface area (Å²) >= 11 is 0. The molecule has 0 fully saturated rings. The van der Waals surface area contributed by atoms with Crippen LogP contribution in [0.4, 0.5) is 0 Å². The van der Waals surface area contributed by atoms with Gasteiger partial charge >= 0.3 is 5.97 Å². The molecule has 0 spiro atoms. The topological polar surface area (TPSA) is 72.5 Å². The molecule has 0 aliphatic rings. The molecule has 3 N–H and O–H groups in total. The first-order valence-electron chi connectivity index (χ1n) is 4.23. The lowest BCUT2D eigenvalue weighted by Crippen LogP contribution is -2.37. The third-order valence-corrected chi connectivity index (χ3v) is 1.99. The van der Waals surface area contributed by atoms with Crippen LogP contribution in [0.15, 0.2) is 30.3 Å². The summed E-state index contributed by atoms with van der Waals surface area (Å²) in [6.07, 6.45) is -0.603. The van der Waals surface area contributed by atoms with Gasteiger partial charge in [0.05, 0.1) is 0 Å². The maximum Gasteiger partial charge on any atom is 0.323 e. The molecule has 0 saturated heterocycles. The molecule has 1 aromatic rings. The summed E-state index contributed by atoms with van der Waals surface area (Å²) in [5.74, 6) is -1.07. The second-order valence-electron chi connectivity index (χ2n) is 2.93. The van der Waals surface area contributed by atoms with Gasteiger partial charge in [-0.05, 0) is 5.56 Å². The molecule has 4 heteroatoms. The van der Waals surface area contributed by atoms with Gasteiger partial charge in [-0.25, -0.2) is 0 Å². The Morgan fingerprint density at radius 1 is 1.43 bits per heavy atom. The van der Waals surface area contributed by atoms with E-state index in [4.69, 9.17) is 15.6 Å². The van der Waals surface area contributed by atoms with Gasteiger partial charge in [0.1, 0.15) is 12.1 Å². The van der Waals surface area contributed by atoms with Gasteiger partial charge in [0.15, 0.2) is 0 Å². The lowest BCUT2D eigenvalue weighted by Gasteiger charge is -2.19. The zero-order valence-electron chi connectivity index (χ0n) is 7.88. The molecule has 0 saturated carbocycles. The van der Waals surface area contributed by atoms with Gasteiger partial charge in [0.25, 0.3) is 0 Å². The van der Waals surface area contributed by atoms with Crippen LogP contribution in [0.25, 0.3) is 0 Å². The molecule has 1 unspecified atom stereocenters. The van der Waals surface area contributed by atoms with E-state index in [0.717, 1.165) is 5.56 Å². The summed E-state index contributed by atoms with van der Waals surface area (Å²) in [5.41, 5.74) is 6.25. The molecule has 0 aromatic heterocycles. The minimum Gasteiger partial charge on any atom is -0.480 e. The largest absolute Gasteiger partial charge is 0.480 e. The number of methoxy groups -OCH3 is 1. The Bertz CT molecular complexity index is 299. The van der Waals surface area contributed by atoms with E-state index in [1.54, 1.807) is 12.1 Å². The molecule has 1 rings (SSSR count). The number of rotatable bonds is 4. The Labute approximate surface area is 82.3 Å². The van der Waals surface area contributed by atoms with Crippen molar-refractivity contribution in [2.45, 2.75) is 12.1 Å². The minimum absolute atomic E-state index is 0.603. The first-order valence-corrected chi connectivity index (χ1v) is 4.23. The quantitative estimate of drug-likeness (QED) is 0.744. The number of hydrogen-bond donors (Lipinski definition) is 2. The fourth-order valence-electron chi connectivity index (χ4n) is 1.26. The van der Waals surface area contributed by atoms with E-state index >= 15 is 0 Å². The van der Waals surface area contributed by atoms with Crippen LogP contribution in [0, 0.1) is 0 Å². The van der Waals surface area contributed by atoms with E-state index in [1.807, 2.05) is 18.2 Å². The van der Waals surface area contributed by atoms with Gasteiger partial charge in [0, 0.05) is 7.11 Å². The second-order valence-corrected chi connectivity index (χ2v) is 2.93. The number of carboxylic acids is 1. The fraction of sp³-hybridized carbons (Fsp3) is 0.300. The highest BCUT2D eigenvalue weighted by Crippen LogP contribution is 2.18. The minimum atomic E-state index is -1.07. The molecule has 14 heavy (non-hydrogen) atoms.